The van der Waals surface area contributed by atoms with E-state index in [9.17, 15) is 0 Å². The molecule has 0 aromatic heterocycles. The van der Waals surface area contributed by atoms with E-state index in [1.54, 1.807) is 21.3 Å². The fourth-order valence-corrected chi connectivity index (χ4v) is 0.750. The highest BCUT2D eigenvalue weighted by Crippen LogP contribution is 2.02. The molecule has 62 valence electrons. The van der Waals surface area contributed by atoms with E-state index >= 15 is 0 Å². The van der Waals surface area contributed by atoms with Crippen LogP contribution in [0.5, 0.6) is 0 Å². The first-order valence-corrected chi connectivity index (χ1v) is 5.06. The molecule has 0 saturated heterocycles. The van der Waals surface area contributed by atoms with Crippen LogP contribution in [0.15, 0.2) is 13.2 Å². The molecule has 0 fully saturated rings. The number of rotatable bonds is 3. The van der Waals surface area contributed by atoms with Crippen LogP contribution in [0.2, 0.25) is 6.55 Å². The lowest BCUT2D eigenvalue weighted by Gasteiger charge is -2.18. The lowest BCUT2D eigenvalue weighted by molar-refractivity contribution is 0.132. The van der Waals surface area contributed by atoms with Crippen molar-refractivity contribution in [3.8, 4) is 0 Å². The first-order chi connectivity index (χ1) is 4.68. The molecule has 0 spiro atoms. The maximum Gasteiger partial charge on any atom is 0.496 e. The van der Waals surface area contributed by atoms with Gasteiger partial charge in [0.25, 0.3) is 0 Å². The van der Waals surface area contributed by atoms with Gasteiger partial charge in [0.1, 0.15) is 0 Å². The molecule has 0 aliphatic carbocycles. The molecule has 0 aliphatic rings. The van der Waals surface area contributed by atoms with Crippen LogP contribution < -0.4 is 0 Å². The van der Waals surface area contributed by atoms with Crippen molar-refractivity contribution >= 4 is 8.80 Å². The molecular formula is C6H16O3Si. The van der Waals surface area contributed by atoms with Crippen LogP contribution in [0.4, 0.5) is 0 Å². The minimum absolute atomic E-state index is 1.58. The van der Waals surface area contributed by atoms with Crippen molar-refractivity contribution in [3.63, 3.8) is 0 Å². The Kier molecular flexibility index (Phi) is 8.69. The van der Waals surface area contributed by atoms with Gasteiger partial charge in [0, 0.05) is 27.9 Å². The van der Waals surface area contributed by atoms with Crippen molar-refractivity contribution in [3.05, 3.63) is 13.2 Å². The quantitative estimate of drug-likeness (QED) is 0.465. The molecule has 0 aromatic rings. The zero-order chi connectivity index (χ0) is 8.62. The summed E-state index contributed by atoms with van der Waals surface area (Å²) in [4.78, 5) is 0. The lowest BCUT2D eigenvalue weighted by Crippen LogP contribution is -2.38. The monoisotopic (exact) mass is 164 g/mol. The fourth-order valence-electron chi connectivity index (χ4n) is 0.250. The Morgan fingerprint density at radius 3 is 1.10 bits per heavy atom. The van der Waals surface area contributed by atoms with E-state index in [1.165, 1.54) is 0 Å². The Bertz CT molecular complexity index is 65.1. The van der Waals surface area contributed by atoms with Gasteiger partial charge in [-0.1, -0.05) is 0 Å². The van der Waals surface area contributed by atoms with E-state index in [1.807, 2.05) is 6.55 Å². The molecule has 4 heteroatoms. The van der Waals surface area contributed by atoms with Crippen LogP contribution in [0.25, 0.3) is 0 Å². The highest BCUT2D eigenvalue weighted by atomic mass is 28.4. The van der Waals surface area contributed by atoms with Crippen LogP contribution in [-0.4, -0.2) is 30.1 Å². The zero-order valence-corrected chi connectivity index (χ0v) is 8.14. The average Bonchev–Trinajstić information content (AvgIpc) is 2.07. The Labute approximate surface area is 64.0 Å². The molecule has 0 N–H and O–H groups in total. The topological polar surface area (TPSA) is 27.7 Å². The van der Waals surface area contributed by atoms with E-state index in [0.717, 1.165) is 0 Å². The second kappa shape index (κ2) is 6.95. The van der Waals surface area contributed by atoms with Crippen molar-refractivity contribution < 1.29 is 13.3 Å². The molecule has 0 aromatic carbocycles. The van der Waals surface area contributed by atoms with Crippen LogP contribution in [0, 0.1) is 0 Å². The zero-order valence-electron chi connectivity index (χ0n) is 7.14. The Hall–Kier alpha value is -0.163. The van der Waals surface area contributed by atoms with Gasteiger partial charge in [0.15, 0.2) is 0 Å². The van der Waals surface area contributed by atoms with Gasteiger partial charge in [-0.2, -0.15) is 0 Å². The van der Waals surface area contributed by atoms with E-state index in [-0.39, 0.29) is 0 Å². The van der Waals surface area contributed by atoms with E-state index in [2.05, 4.69) is 13.2 Å². The molecule has 0 aliphatic heterocycles. The number of hydrogen-bond acceptors (Lipinski definition) is 3. The third-order valence-electron chi connectivity index (χ3n) is 1.11. The molecule has 0 atom stereocenters. The van der Waals surface area contributed by atoms with Crippen LogP contribution in [-0.2, 0) is 13.3 Å². The van der Waals surface area contributed by atoms with Gasteiger partial charge in [-0.25, -0.2) is 0 Å². The Balaban J connectivity index is 0. The maximum atomic E-state index is 4.93. The third-order valence-corrected chi connectivity index (χ3v) is 3.34. The molecule has 0 bridgehead atoms. The highest BCUT2D eigenvalue weighted by Gasteiger charge is 2.29. The lowest BCUT2D eigenvalue weighted by atomic mass is 11.3. The Morgan fingerprint density at radius 1 is 0.900 bits per heavy atom. The summed E-state index contributed by atoms with van der Waals surface area (Å²) < 4.78 is 14.8. The molecular weight excluding hydrogens is 148 g/mol. The van der Waals surface area contributed by atoms with Gasteiger partial charge in [0.05, 0.1) is 0 Å². The summed E-state index contributed by atoms with van der Waals surface area (Å²) >= 11 is 0. The maximum absolute atomic E-state index is 4.93. The van der Waals surface area contributed by atoms with Crippen molar-refractivity contribution in [1.82, 2.24) is 0 Å². The van der Waals surface area contributed by atoms with Crippen LogP contribution in [0.1, 0.15) is 0 Å². The minimum atomic E-state index is -2.17. The minimum Gasteiger partial charge on any atom is -0.377 e. The van der Waals surface area contributed by atoms with Crippen molar-refractivity contribution in [2.24, 2.45) is 0 Å². The smallest absolute Gasteiger partial charge is 0.377 e. The fraction of sp³-hybridized carbons (Fsp3) is 0.667. The summed E-state index contributed by atoms with van der Waals surface area (Å²) in [5, 5.41) is 0. The second-order valence-corrected chi connectivity index (χ2v) is 4.42. The molecule has 10 heavy (non-hydrogen) atoms. The predicted octanol–water partition coefficient (Wildman–Crippen LogP) is 1.30. The summed E-state index contributed by atoms with van der Waals surface area (Å²) in [5.41, 5.74) is 0. The normalized spacial score (nSPS) is 10.0. The van der Waals surface area contributed by atoms with Crippen molar-refractivity contribution in [2.75, 3.05) is 21.3 Å². The second-order valence-electron chi connectivity index (χ2n) is 1.47. The molecule has 0 amide bonds. The Morgan fingerprint density at radius 2 is 1.10 bits per heavy atom. The van der Waals surface area contributed by atoms with E-state index < -0.39 is 8.80 Å². The van der Waals surface area contributed by atoms with Gasteiger partial charge in [-0.05, 0) is 0 Å². The molecule has 0 heterocycles. The molecule has 0 radical (unpaired) electrons. The third kappa shape index (κ3) is 4.69. The first kappa shape index (κ1) is 12.5. The van der Waals surface area contributed by atoms with Crippen LogP contribution >= 0.6 is 0 Å². The summed E-state index contributed by atoms with van der Waals surface area (Å²) in [6.45, 7) is 7.83. The standard InChI is InChI=1S/C4H12O3Si.C2H4/c1-5-8(4,6-2)7-3;1-2/h1-4H3;1-2H2. The SMILES string of the molecule is C=C.CO[Si](C)(OC)OC. The number of hydrogen-bond donors (Lipinski definition) is 0. The summed E-state index contributed by atoms with van der Waals surface area (Å²) in [6, 6.07) is 0. The summed E-state index contributed by atoms with van der Waals surface area (Å²) in [6.07, 6.45) is 0. The first-order valence-electron chi connectivity index (χ1n) is 2.84. The predicted molar refractivity (Wildman–Crippen MR) is 43.9 cm³/mol. The van der Waals surface area contributed by atoms with Crippen molar-refractivity contribution in [1.29, 1.82) is 0 Å². The molecule has 0 unspecified atom stereocenters. The molecule has 0 rings (SSSR count). The summed E-state index contributed by atoms with van der Waals surface area (Å²) in [5.74, 6) is 0. The van der Waals surface area contributed by atoms with Gasteiger partial charge in [0.2, 0.25) is 0 Å². The van der Waals surface area contributed by atoms with E-state index in [0.29, 0.717) is 0 Å². The molecule has 3 nitrogen and oxygen atoms in total. The van der Waals surface area contributed by atoms with Crippen molar-refractivity contribution in [2.45, 2.75) is 6.55 Å². The van der Waals surface area contributed by atoms with Gasteiger partial charge in [-0.3, -0.25) is 0 Å². The van der Waals surface area contributed by atoms with Gasteiger partial charge < -0.3 is 13.3 Å². The molecule has 0 saturated carbocycles. The van der Waals surface area contributed by atoms with Crippen LogP contribution in [0.3, 0.4) is 0 Å². The highest BCUT2D eigenvalue weighted by molar-refractivity contribution is 6.58. The van der Waals surface area contributed by atoms with E-state index in [4.69, 9.17) is 13.3 Å². The average molecular weight is 164 g/mol. The van der Waals surface area contributed by atoms with Gasteiger partial charge in [-0.15, -0.1) is 13.2 Å². The largest absolute Gasteiger partial charge is 0.496 e. The van der Waals surface area contributed by atoms with Gasteiger partial charge >= 0.3 is 8.80 Å². The summed E-state index contributed by atoms with van der Waals surface area (Å²) in [7, 11) is 2.58.